The minimum atomic E-state index is -0.199. The van der Waals surface area contributed by atoms with Gasteiger partial charge in [-0.2, -0.15) is 0 Å². The summed E-state index contributed by atoms with van der Waals surface area (Å²) >= 11 is 5.97. The molecule has 0 bridgehead atoms. The second-order valence-corrected chi connectivity index (χ2v) is 3.82. The van der Waals surface area contributed by atoms with Crippen molar-refractivity contribution in [1.29, 1.82) is 0 Å². The zero-order valence-corrected chi connectivity index (χ0v) is 10.3. The Morgan fingerprint density at radius 3 is 2.69 bits per heavy atom. The molecule has 0 heterocycles. The van der Waals surface area contributed by atoms with E-state index in [2.05, 4.69) is 5.43 Å². The van der Waals surface area contributed by atoms with Gasteiger partial charge in [-0.15, -0.1) is 0 Å². The van der Waals surface area contributed by atoms with Crippen LogP contribution in [0, 0.1) is 0 Å². The van der Waals surface area contributed by atoms with Crippen LogP contribution in [-0.4, -0.2) is 31.6 Å². The number of nitrogens with one attached hydrogen (secondary N) is 1. The number of benzene rings is 1. The molecule has 1 amide bonds. The van der Waals surface area contributed by atoms with Gasteiger partial charge in [-0.3, -0.25) is 10.2 Å². The average molecular weight is 243 g/mol. The topological polar surface area (TPSA) is 41.6 Å². The van der Waals surface area contributed by atoms with Crippen LogP contribution >= 0.6 is 11.6 Å². The van der Waals surface area contributed by atoms with Crippen molar-refractivity contribution < 1.29 is 9.53 Å². The van der Waals surface area contributed by atoms with E-state index in [0.29, 0.717) is 22.9 Å². The molecule has 0 aliphatic heterocycles. The number of amides is 1. The number of carbonyl (C=O) groups excluding carboxylic acids is 1. The van der Waals surface area contributed by atoms with Crippen LogP contribution in [0.2, 0.25) is 5.02 Å². The molecule has 0 unspecified atom stereocenters. The van der Waals surface area contributed by atoms with Crippen molar-refractivity contribution in [2.45, 2.75) is 6.92 Å². The number of hydrazine groups is 1. The minimum Gasteiger partial charge on any atom is -0.492 e. The van der Waals surface area contributed by atoms with Crippen LogP contribution < -0.4 is 10.2 Å². The first-order valence-corrected chi connectivity index (χ1v) is 5.33. The number of hydrogen-bond donors (Lipinski definition) is 1. The fourth-order valence-corrected chi connectivity index (χ4v) is 1.42. The van der Waals surface area contributed by atoms with Gasteiger partial charge in [-0.25, -0.2) is 5.01 Å². The highest BCUT2D eigenvalue weighted by atomic mass is 35.5. The third-order valence-corrected chi connectivity index (χ3v) is 2.11. The third-order valence-electron chi connectivity index (χ3n) is 1.82. The predicted molar refractivity (Wildman–Crippen MR) is 63.8 cm³/mol. The monoisotopic (exact) mass is 242 g/mol. The molecule has 1 N–H and O–H groups in total. The second kappa shape index (κ2) is 5.72. The standard InChI is InChI=1S/C11H15ClN2O2/c1-4-16-10-6-5-8(7-9(10)12)11(15)13-14(2)3/h5-7H,4H2,1-3H3,(H,13,15). The van der Waals surface area contributed by atoms with Crippen LogP contribution in [0.25, 0.3) is 0 Å². The summed E-state index contributed by atoms with van der Waals surface area (Å²) in [7, 11) is 3.49. The highest BCUT2D eigenvalue weighted by Crippen LogP contribution is 2.25. The molecule has 0 atom stereocenters. The summed E-state index contributed by atoms with van der Waals surface area (Å²) < 4.78 is 5.28. The largest absolute Gasteiger partial charge is 0.492 e. The summed E-state index contributed by atoms with van der Waals surface area (Å²) in [6.07, 6.45) is 0. The zero-order valence-electron chi connectivity index (χ0n) is 9.58. The van der Waals surface area contributed by atoms with E-state index in [4.69, 9.17) is 16.3 Å². The highest BCUT2D eigenvalue weighted by molar-refractivity contribution is 6.32. The summed E-state index contributed by atoms with van der Waals surface area (Å²) in [5.74, 6) is 0.389. The van der Waals surface area contributed by atoms with Crippen LogP contribution in [0.5, 0.6) is 5.75 Å². The molecule has 5 heteroatoms. The molecule has 16 heavy (non-hydrogen) atoms. The molecule has 0 saturated carbocycles. The molecule has 4 nitrogen and oxygen atoms in total. The number of ether oxygens (including phenoxy) is 1. The van der Waals surface area contributed by atoms with Gasteiger partial charge in [0.25, 0.3) is 5.91 Å². The number of carbonyl (C=O) groups is 1. The van der Waals surface area contributed by atoms with Crippen LogP contribution in [0.3, 0.4) is 0 Å². The Hall–Kier alpha value is -1.26. The first-order valence-electron chi connectivity index (χ1n) is 4.95. The summed E-state index contributed by atoms with van der Waals surface area (Å²) in [6, 6.07) is 4.96. The lowest BCUT2D eigenvalue weighted by atomic mass is 10.2. The Morgan fingerprint density at radius 2 is 2.19 bits per heavy atom. The summed E-state index contributed by atoms with van der Waals surface area (Å²) in [4.78, 5) is 11.6. The van der Waals surface area contributed by atoms with Gasteiger partial charge in [0.05, 0.1) is 11.6 Å². The minimum absolute atomic E-state index is 0.199. The normalized spacial score (nSPS) is 10.3. The molecule has 1 aromatic carbocycles. The van der Waals surface area contributed by atoms with Gasteiger partial charge in [-0.1, -0.05) is 11.6 Å². The molecule has 0 aromatic heterocycles. The van der Waals surface area contributed by atoms with Crippen molar-refractivity contribution >= 4 is 17.5 Å². The van der Waals surface area contributed by atoms with Gasteiger partial charge in [-0.05, 0) is 25.1 Å². The first-order chi connectivity index (χ1) is 7.54. The van der Waals surface area contributed by atoms with E-state index in [1.165, 1.54) is 0 Å². The molecule has 0 radical (unpaired) electrons. The van der Waals surface area contributed by atoms with Crippen LogP contribution in [-0.2, 0) is 0 Å². The molecule has 0 spiro atoms. The Kier molecular flexibility index (Phi) is 4.58. The van der Waals surface area contributed by atoms with E-state index in [0.717, 1.165) is 0 Å². The number of hydrogen-bond acceptors (Lipinski definition) is 3. The predicted octanol–water partition coefficient (Wildman–Crippen LogP) is 1.95. The number of halogens is 1. The van der Waals surface area contributed by atoms with Gasteiger partial charge >= 0.3 is 0 Å². The van der Waals surface area contributed by atoms with Crippen LogP contribution in [0.4, 0.5) is 0 Å². The van der Waals surface area contributed by atoms with Crippen molar-refractivity contribution in [3.63, 3.8) is 0 Å². The van der Waals surface area contributed by atoms with E-state index in [9.17, 15) is 4.79 Å². The van der Waals surface area contributed by atoms with Crippen LogP contribution in [0.15, 0.2) is 18.2 Å². The summed E-state index contributed by atoms with van der Waals surface area (Å²) in [6.45, 7) is 2.42. The molecule has 0 saturated heterocycles. The van der Waals surface area contributed by atoms with Gasteiger partial charge in [0.1, 0.15) is 5.75 Å². The van der Waals surface area contributed by atoms with Gasteiger partial charge < -0.3 is 4.74 Å². The average Bonchev–Trinajstić information content (AvgIpc) is 2.20. The lowest BCUT2D eigenvalue weighted by Gasteiger charge is -2.12. The zero-order chi connectivity index (χ0) is 12.1. The lowest BCUT2D eigenvalue weighted by molar-refractivity contribution is 0.0857. The van der Waals surface area contributed by atoms with Crippen LogP contribution in [0.1, 0.15) is 17.3 Å². The van der Waals surface area contributed by atoms with Crippen molar-refractivity contribution in [2.24, 2.45) is 0 Å². The molecule has 1 aromatic rings. The molecular weight excluding hydrogens is 228 g/mol. The fraction of sp³-hybridized carbons (Fsp3) is 0.364. The Labute approximate surface area is 100 Å². The van der Waals surface area contributed by atoms with Gasteiger partial charge in [0, 0.05) is 19.7 Å². The molecular formula is C11H15ClN2O2. The van der Waals surface area contributed by atoms with Crippen molar-refractivity contribution in [3.05, 3.63) is 28.8 Å². The maximum Gasteiger partial charge on any atom is 0.265 e. The Bertz CT molecular complexity index is 380. The molecule has 0 fully saturated rings. The maximum atomic E-state index is 11.6. The summed E-state index contributed by atoms with van der Waals surface area (Å²) in [5, 5.41) is 2.01. The molecule has 0 aliphatic carbocycles. The van der Waals surface area contributed by atoms with E-state index in [1.54, 1.807) is 37.3 Å². The second-order valence-electron chi connectivity index (χ2n) is 3.41. The van der Waals surface area contributed by atoms with Crippen molar-refractivity contribution in [2.75, 3.05) is 20.7 Å². The van der Waals surface area contributed by atoms with Crippen molar-refractivity contribution in [3.8, 4) is 5.75 Å². The first kappa shape index (κ1) is 12.8. The third kappa shape index (κ3) is 3.40. The van der Waals surface area contributed by atoms with Crippen molar-refractivity contribution in [1.82, 2.24) is 10.4 Å². The van der Waals surface area contributed by atoms with E-state index in [-0.39, 0.29) is 5.91 Å². The Morgan fingerprint density at radius 1 is 1.50 bits per heavy atom. The number of nitrogens with zero attached hydrogens (tertiary/aromatic N) is 1. The SMILES string of the molecule is CCOc1ccc(C(=O)NN(C)C)cc1Cl. The smallest absolute Gasteiger partial charge is 0.265 e. The molecule has 1 rings (SSSR count). The van der Waals surface area contributed by atoms with Gasteiger partial charge in [0.2, 0.25) is 0 Å². The quantitative estimate of drug-likeness (QED) is 0.821. The fourth-order valence-electron chi connectivity index (χ4n) is 1.18. The van der Waals surface area contributed by atoms with E-state index in [1.807, 2.05) is 6.92 Å². The maximum absolute atomic E-state index is 11.6. The Balaban J connectivity index is 2.84. The van der Waals surface area contributed by atoms with E-state index < -0.39 is 0 Å². The highest BCUT2D eigenvalue weighted by Gasteiger charge is 2.09. The van der Waals surface area contributed by atoms with Gasteiger partial charge in [0.15, 0.2) is 0 Å². The molecule has 0 aliphatic rings. The molecule has 88 valence electrons. The number of rotatable bonds is 4. The summed E-state index contributed by atoms with van der Waals surface area (Å²) in [5.41, 5.74) is 3.13. The lowest BCUT2D eigenvalue weighted by Crippen LogP contribution is -2.36. The van der Waals surface area contributed by atoms with E-state index >= 15 is 0 Å².